The molecule has 162 valence electrons. The van der Waals surface area contributed by atoms with E-state index in [1.807, 2.05) is 38.1 Å². The normalized spacial score (nSPS) is 11.0. The van der Waals surface area contributed by atoms with Crippen molar-refractivity contribution in [1.29, 1.82) is 0 Å². The molecular weight excluding hydrogens is 449 g/mol. The van der Waals surface area contributed by atoms with Crippen molar-refractivity contribution in [2.75, 3.05) is 11.1 Å². The Morgan fingerprint density at radius 2 is 1.91 bits per heavy atom. The molecule has 5 nitrogen and oxygen atoms in total. The number of para-hydroxylation sites is 1. The molecule has 0 saturated heterocycles. The average molecular weight is 468 g/mol. The van der Waals surface area contributed by atoms with Crippen LogP contribution in [0.1, 0.15) is 11.1 Å². The van der Waals surface area contributed by atoms with Crippen molar-refractivity contribution in [3.63, 3.8) is 0 Å². The lowest BCUT2D eigenvalue weighted by atomic mass is 10.1. The van der Waals surface area contributed by atoms with E-state index in [1.54, 1.807) is 22.8 Å². The molecule has 0 atom stereocenters. The van der Waals surface area contributed by atoms with Gasteiger partial charge in [-0.3, -0.25) is 14.2 Å². The van der Waals surface area contributed by atoms with Gasteiger partial charge in [0.15, 0.2) is 5.16 Å². The first kappa shape index (κ1) is 22.0. The largest absolute Gasteiger partial charge is 0.324 e. The Morgan fingerprint density at radius 3 is 2.66 bits per heavy atom. The van der Waals surface area contributed by atoms with Gasteiger partial charge in [0.1, 0.15) is 5.82 Å². The summed E-state index contributed by atoms with van der Waals surface area (Å²) in [6.07, 6.45) is 0. The summed E-state index contributed by atoms with van der Waals surface area (Å²) in [7, 11) is 0. The number of carbonyl (C=O) groups excluding carboxylic acids is 1. The van der Waals surface area contributed by atoms with Crippen LogP contribution in [-0.2, 0) is 4.79 Å². The number of thioether (sulfide) groups is 1. The van der Waals surface area contributed by atoms with E-state index in [0.717, 1.165) is 29.0 Å². The lowest BCUT2D eigenvalue weighted by Gasteiger charge is -2.15. The van der Waals surface area contributed by atoms with Crippen LogP contribution in [0.25, 0.3) is 16.6 Å². The van der Waals surface area contributed by atoms with E-state index in [1.165, 1.54) is 12.1 Å². The molecule has 0 unspecified atom stereocenters. The van der Waals surface area contributed by atoms with Gasteiger partial charge >= 0.3 is 0 Å². The molecule has 0 bridgehead atoms. The number of benzene rings is 3. The number of halogens is 2. The number of anilines is 1. The number of rotatable bonds is 5. The third-order valence-corrected chi connectivity index (χ3v) is 6.13. The maximum atomic E-state index is 13.4. The Balaban J connectivity index is 1.69. The van der Waals surface area contributed by atoms with Crippen LogP contribution in [0.2, 0.25) is 5.02 Å². The lowest BCUT2D eigenvalue weighted by molar-refractivity contribution is -0.113. The quantitative estimate of drug-likeness (QED) is 0.310. The molecule has 0 aliphatic heterocycles. The average Bonchev–Trinajstić information content (AvgIpc) is 2.75. The fourth-order valence-corrected chi connectivity index (χ4v) is 4.41. The third kappa shape index (κ3) is 4.54. The minimum atomic E-state index is -0.486. The highest BCUT2D eigenvalue weighted by Crippen LogP contribution is 2.25. The van der Waals surface area contributed by atoms with Crippen LogP contribution in [0.4, 0.5) is 10.1 Å². The molecule has 0 spiro atoms. The highest BCUT2D eigenvalue weighted by molar-refractivity contribution is 7.99. The number of hydrogen-bond acceptors (Lipinski definition) is 4. The van der Waals surface area contributed by atoms with E-state index < -0.39 is 5.82 Å². The van der Waals surface area contributed by atoms with Crippen LogP contribution in [0.3, 0.4) is 0 Å². The van der Waals surface area contributed by atoms with Crippen molar-refractivity contribution in [3.8, 4) is 5.69 Å². The first-order valence-electron chi connectivity index (χ1n) is 9.80. The molecule has 0 saturated carbocycles. The van der Waals surface area contributed by atoms with E-state index in [-0.39, 0.29) is 22.2 Å². The third-order valence-electron chi connectivity index (χ3n) is 4.88. The van der Waals surface area contributed by atoms with Gasteiger partial charge in [0.2, 0.25) is 5.91 Å². The highest BCUT2D eigenvalue weighted by atomic mass is 35.5. The van der Waals surface area contributed by atoms with Gasteiger partial charge in [0.05, 0.1) is 33.1 Å². The molecule has 32 heavy (non-hydrogen) atoms. The van der Waals surface area contributed by atoms with Gasteiger partial charge in [-0.05, 0) is 55.8 Å². The predicted molar refractivity (Wildman–Crippen MR) is 128 cm³/mol. The van der Waals surface area contributed by atoms with Crippen LogP contribution in [-0.4, -0.2) is 21.2 Å². The molecule has 1 amide bonds. The predicted octanol–water partition coefficient (Wildman–Crippen LogP) is 5.53. The van der Waals surface area contributed by atoms with Crippen LogP contribution >= 0.6 is 23.4 Å². The molecule has 8 heteroatoms. The summed E-state index contributed by atoms with van der Waals surface area (Å²) in [6, 6.07) is 16.7. The number of nitrogens with zero attached hydrogens (tertiary/aromatic N) is 2. The lowest BCUT2D eigenvalue weighted by Crippen LogP contribution is -2.23. The Bertz CT molecular complexity index is 1400. The smallest absolute Gasteiger partial charge is 0.266 e. The molecule has 1 aromatic heterocycles. The highest BCUT2D eigenvalue weighted by Gasteiger charge is 2.16. The molecule has 0 radical (unpaired) electrons. The van der Waals surface area contributed by atoms with E-state index >= 15 is 0 Å². The van der Waals surface area contributed by atoms with Crippen LogP contribution in [0.15, 0.2) is 70.6 Å². The Hall–Kier alpha value is -3.16. The summed E-state index contributed by atoms with van der Waals surface area (Å²) in [5.74, 6) is -0.845. The maximum Gasteiger partial charge on any atom is 0.266 e. The van der Waals surface area contributed by atoms with Crippen molar-refractivity contribution in [3.05, 3.63) is 93.0 Å². The second-order valence-electron chi connectivity index (χ2n) is 7.30. The number of nitrogens with one attached hydrogen (secondary N) is 1. The zero-order valence-electron chi connectivity index (χ0n) is 17.4. The molecule has 3 aromatic carbocycles. The summed E-state index contributed by atoms with van der Waals surface area (Å²) in [6.45, 7) is 3.92. The Kier molecular flexibility index (Phi) is 6.30. The molecular formula is C24H19ClFN3O2S. The maximum absolute atomic E-state index is 13.4. The Morgan fingerprint density at radius 1 is 1.12 bits per heavy atom. The number of carbonyl (C=O) groups is 1. The summed E-state index contributed by atoms with van der Waals surface area (Å²) in [5, 5.41) is 3.68. The van der Waals surface area contributed by atoms with E-state index in [9.17, 15) is 14.0 Å². The van der Waals surface area contributed by atoms with Gasteiger partial charge in [-0.2, -0.15) is 0 Å². The molecule has 0 fully saturated rings. The monoisotopic (exact) mass is 467 g/mol. The van der Waals surface area contributed by atoms with E-state index in [0.29, 0.717) is 27.4 Å². The number of aryl methyl sites for hydroxylation is 2. The first-order chi connectivity index (χ1) is 15.3. The summed E-state index contributed by atoms with van der Waals surface area (Å²) >= 11 is 7.14. The molecule has 0 aliphatic carbocycles. The number of hydrogen-bond donors (Lipinski definition) is 1. The minimum absolute atomic E-state index is 0.0105. The standard InChI is InChI=1S/C24H19ClFN3O2S/c1-14-7-10-21(15(2)11-14)29-23(31)17-5-3-4-6-19(17)28-24(29)32-13-22(30)27-20-9-8-16(26)12-18(20)25/h3-12H,13H2,1-2H3,(H,27,30). The Labute approximate surface area is 193 Å². The van der Waals surface area contributed by atoms with Crippen LogP contribution in [0, 0.1) is 19.7 Å². The van der Waals surface area contributed by atoms with Crippen LogP contribution < -0.4 is 10.9 Å². The van der Waals surface area contributed by atoms with Crippen LogP contribution in [0.5, 0.6) is 0 Å². The number of fused-ring (bicyclic) bond motifs is 1. The molecule has 4 aromatic rings. The number of amides is 1. The van der Waals surface area contributed by atoms with Gasteiger partial charge in [-0.25, -0.2) is 9.37 Å². The van der Waals surface area contributed by atoms with Gasteiger partial charge in [-0.15, -0.1) is 0 Å². The fourth-order valence-electron chi connectivity index (χ4n) is 3.39. The van der Waals surface area contributed by atoms with Crippen molar-refractivity contribution >= 4 is 45.9 Å². The van der Waals surface area contributed by atoms with E-state index in [4.69, 9.17) is 11.6 Å². The van der Waals surface area contributed by atoms with Crippen molar-refractivity contribution in [2.45, 2.75) is 19.0 Å². The molecule has 1 heterocycles. The van der Waals surface area contributed by atoms with Gasteiger partial charge < -0.3 is 5.32 Å². The van der Waals surface area contributed by atoms with Crippen molar-refractivity contribution in [2.24, 2.45) is 0 Å². The summed E-state index contributed by atoms with van der Waals surface area (Å²) in [5.41, 5.74) is 3.39. The topological polar surface area (TPSA) is 64.0 Å². The molecule has 1 N–H and O–H groups in total. The van der Waals surface area contributed by atoms with Gasteiger partial charge in [-0.1, -0.05) is 53.2 Å². The molecule has 4 rings (SSSR count). The second-order valence-corrected chi connectivity index (χ2v) is 8.65. The minimum Gasteiger partial charge on any atom is -0.324 e. The zero-order chi connectivity index (χ0) is 22.8. The zero-order valence-corrected chi connectivity index (χ0v) is 18.9. The first-order valence-corrected chi connectivity index (χ1v) is 11.2. The summed E-state index contributed by atoms with van der Waals surface area (Å²) in [4.78, 5) is 30.5. The van der Waals surface area contributed by atoms with Gasteiger partial charge in [0.25, 0.3) is 5.56 Å². The van der Waals surface area contributed by atoms with Crippen molar-refractivity contribution < 1.29 is 9.18 Å². The van der Waals surface area contributed by atoms with E-state index in [2.05, 4.69) is 10.3 Å². The van der Waals surface area contributed by atoms with Crippen molar-refractivity contribution in [1.82, 2.24) is 9.55 Å². The van der Waals surface area contributed by atoms with Gasteiger partial charge in [0, 0.05) is 0 Å². The molecule has 0 aliphatic rings. The second kappa shape index (κ2) is 9.14. The SMILES string of the molecule is Cc1ccc(-n2c(SCC(=O)Nc3ccc(F)cc3Cl)nc3ccccc3c2=O)c(C)c1. The summed E-state index contributed by atoms with van der Waals surface area (Å²) < 4.78 is 14.8. The fraction of sp³-hybridized carbons (Fsp3) is 0.125. The number of aromatic nitrogens is 2.